The summed E-state index contributed by atoms with van der Waals surface area (Å²) in [7, 11) is 0. The van der Waals surface area contributed by atoms with Gasteiger partial charge in [-0.25, -0.2) is 0 Å². The van der Waals surface area contributed by atoms with Crippen LogP contribution < -0.4 is 15.4 Å². The maximum atomic E-state index is 12.2. The van der Waals surface area contributed by atoms with Crippen LogP contribution in [0.2, 0.25) is 0 Å². The van der Waals surface area contributed by atoms with Gasteiger partial charge < -0.3 is 20.1 Å². The number of ether oxygens (including phenoxy) is 2. The number of hydrogen-bond acceptors (Lipinski definition) is 4. The zero-order valence-electron chi connectivity index (χ0n) is 15.1. The fourth-order valence-corrected chi connectivity index (χ4v) is 2.31. The first kappa shape index (κ1) is 18.8. The third-order valence-corrected chi connectivity index (χ3v) is 3.65. The Morgan fingerprint density at radius 3 is 2.72 bits per heavy atom. The molecule has 25 heavy (non-hydrogen) atoms. The normalized spacial score (nSPS) is 10.4. The van der Waals surface area contributed by atoms with Crippen LogP contribution in [0.4, 0.5) is 11.4 Å². The lowest BCUT2D eigenvalue weighted by atomic mass is 10.1. The Bertz CT molecular complexity index is 701. The number of hydrogen-bond donors (Lipinski definition) is 2. The number of anilines is 2. The molecule has 2 N–H and O–H groups in total. The molecular formula is C20H26N2O3. The van der Waals surface area contributed by atoms with Crippen LogP contribution in [0.3, 0.4) is 0 Å². The van der Waals surface area contributed by atoms with Crippen molar-refractivity contribution in [3.8, 4) is 5.75 Å². The lowest BCUT2D eigenvalue weighted by Gasteiger charge is -2.12. The molecule has 2 rings (SSSR count). The van der Waals surface area contributed by atoms with Gasteiger partial charge in [0.25, 0.3) is 0 Å². The molecule has 0 aliphatic carbocycles. The van der Waals surface area contributed by atoms with Gasteiger partial charge in [-0.05, 0) is 50.1 Å². The van der Waals surface area contributed by atoms with Crippen molar-refractivity contribution in [1.82, 2.24) is 0 Å². The third-order valence-electron chi connectivity index (χ3n) is 3.65. The molecule has 0 atom stereocenters. The third kappa shape index (κ3) is 6.47. The zero-order valence-corrected chi connectivity index (χ0v) is 15.1. The predicted molar refractivity (Wildman–Crippen MR) is 101 cm³/mol. The number of carbonyl (C=O) groups excluding carboxylic acids is 1. The average Bonchev–Trinajstić information content (AvgIpc) is 2.60. The van der Waals surface area contributed by atoms with E-state index in [2.05, 4.69) is 10.6 Å². The molecule has 0 saturated carbocycles. The van der Waals surface area contributed by atoms with E-state index in [4.69, 9.17) is 9.47 Å². The summed E-state index contributed by atoms with van der Waals surface area (Å²) in [6.07, 6.45) is 0. The Kier molecular flexibility index (Phi) is 7.29. The van der Waals surface area contributed by atoms with Crippen LogP contribution in [-0.2, 0) is 9.53 Å². The first-order valence-electron chi connectivity index (χ1n) is 8.50. The molecule has 2 aromatic rings. The minimum absolute atomic E-state index is 0.0867. The van der Waals surface area contributed by atoms with Crippen molar-refractivity contribution in [2.45, 2.75) is 20.8 Å². The second-order valence-electron chi connectivity index (χ2n) is 5.79. The van der Waals surface area contributed by atoms with Gasteiger partial charge in [0, 0.05) is 24.0 Å². The van der Waals surface area contributed by atoms with Crippen molar-refractivity contribution in [2.75, 3.05) is 37.0 Å². The largest absolute Gasteiger partial charge is 0.491 e. The van der Waals surface area contributed by atoms with Crippen molar-refractivity contribution < 1.29 is 14.3 Å². The maximum Gasteiger partial charge on any atom is 0.243 e. The van der Waals surface area contributed by atoms with E-state index in [9.17, 15) is 4.79 Å². The summed E-state index contributed by atoms with van der Waals surface area (Å²) < 4.78 is 10.9. The van der Waals surface area contributed by atoms with Gasteiger partial charge in [-0.1, -0.05) is 18.2 Å². The standard InChI is InChI=1S/C20H26N2O3/c1-4-24-10-11-25-18-7-5-6-17(13-18)21-14-20(23)22-19-12-15(2)8-9-16(19)3/h5-9,12-13,21H,4,10-11,14H2,1-3H3,(H,22,23). The van der Waals surface area contributed by atoms with E-state index in [1.165, 1.54) is 0 Å². The van der Waals surface area contributed by atoms with Crippen molar-refractivity contribution in [3.05, 3.63) is 53.6 Å². The van der Waals surface area contributed by atoms with E-state index in [1.807, 2.05) is 63.2 Å². The van der Waals surface area contributed by atoms with E-state index in [0.717, 1.165) is 28.3 Å². The molecule has 5 heteroatoms. The Balaban J connectivity index is 1.84. The van der Waals surface area contributed by atoms with Gasteiger partial charge in [0.05, 0.1) is 13.2 Å². The van der Waals surface area contributed by atoms with Gasteiger partial charge >= 0.3 is 0 Å². The molecule has 0 heterocycles. The Morgan fingerprint density at radius 2 is 1.92 bits per heavy atom. The molecule has 0 spiro atoms. The minimum Gasteiger partial charge on any atom is -0.491 e. The van der Waals surface area contributed by atoms with E-state index in [-0.39, 0.29) is 12.5 Å². The van der Waals surface area contributed by atoms with Crippen molar-refractivity contribution >= 4 is 17.3 Å². The van der Waals surface area contributed by atoms with Gasteiger partial charge in [0.2, 0.25) is 5.91 Å². The van der Waals surface area contributed by atoms with E-state index in [1.54, 1.807) is 0 Å². The quantitative estimate of drug-likeness (QED) is 0.681. The molecule has 0 fully saturated rings. The topological polar surface area (TPSA) is 59.6 Å². The number of nitrogens with one attached hydrogen (secondary N) is 2. The molecule has 0 aromatic heterocycles. The number of amides is 1. The lowest BCUT2D eigenvalue weighted by Crippen LogP contribution is -2.22. The highest BCUT2D eigenvalue weighted by Crippen LogP contribution is 2.18. The Labute approximate surface area is 149 Å². The molecule has 0 saturated heterocycles. The highest BCUT2D eigenvalue weighted by atomic mass is 16.5. The molecule has 5 nitrogen and oxygen atoms in total. The summed E-state index contributed by atoms with van der Waals surface area (Å²) >= 11 is 0. The number of carbonyl (C=O) groups is 1. The van der Waals surface area contributed by atoms with Crippen LogP contribution in [0.1, 0.15) is 18.1 Å². The molecule has 0 aliphatic rings. The van der Waals surface area contributed by atoms with Gasteiger partial charge in [0.1, 0.15) is 12.4 Å². The second-order valence-corrected chi connectivity index (χ2v) is 5.79. The van der Waals surface area contributed by atoms with E-state index in [0.29, 0.717) is 19.8 Å². The molecule has 2 aromatic carbocycles. The number of benzene rings is 2. The van der Waals surface area contributed by atoms with Gasteiger partial charge in [-0.3, -0.25) is 4.79 Å². The highest BCUT2D eigenvalue weighted by Gasteiger charge is 2.05. The molecule has 134 valence electrons. The minimum atomic E-state index is -0.0867. The van der Waals surface area contributed by atoms with Crippen molar-refractivity contribution in [2.24, 2.45) is 0 Å². The molecule has 0 aliphatic heterocycles. The second kappa shape index (κ2) is 9.69. The van der Waals surface area contributed by atoms with E-state index < -0.39 is 0 Å². The van der Waals surface area contributed by atoms with Crippen molar-refractivity contribution in [1.29, 1.82) is 0 Å². The van der Waals surface area contributed by atoms with Gasteiger partial charge in [-0.15, -0.1) is 0 Å². The number of rotatable bonds is 9. The first-order chi connectivity index (χ1) is 12.1. The van der Waals surface area contributed by atoms with Crippen LogP contribution in [0.5, 0.6) is 5.75 Å². The van der Waals surface area contributed by atoms with Crippen LogP contribution >= 0.6 is 0 Å². The van der Waals surface area contributed by atoms with Gasteiger partial charge in [0.15, 0.2) is 0 Å². The SMILES string of the molecule is CCOCCOc1cccc(NCC(=O)Nc2cc(C)ccc2C)c1. The maximum absolute atomic E-state index is 12.2. The Hall–Kier alpha value is -2.53. The summed E-state index contributed by atoms with van der Waals surface area (Å²) in [6.45, 7) is 7.87. The predicted octanol–water partition coefficient (Wildman–Crippen LogP) is 3.77. The summed E-state index contributed by atoms with van der Waals surface area (Å²) in [4.78, 5) is 12.2. The van der Waals surface area contributed by atoms with Crippen molar-refractivity contribution in [3.63, 3.8) is 0 Å². The fourth-order valence-electron chi connectivity index (χ4n) is 2.31. The smallest absolute Gasteiger partial charge is 0.243 e. The first-order valence-corrected chi connectivity index (χ1v) is 8.50. The van der Waals surface area contributed by atoms with Crippen LogP contribution in [0, 0.1) is 13.8 Å². The summed E-state index contributed by atoms with van der Waals surface area (Å²) in [5, 5.41) is 6.05. The highest BCUT2D eigenvalue weighted by molar-refractivity contribution is 5.94. The molecule has 0 bridgehead atoms. The molecule has 0 unspecified atom stereocenters. The summed E-state index contributed by atoms with van der Waals surface area (Å²) in [6, 6.07) is 13.5. The van der Waals surface area contributed by atoms with Crippen LogP contribution in [0.15, 0.2) is 42.5 Å². The fraction of sp³-hybridized carbons (Fsp3) is 0.350. The Morgan fingerprint density at radius 1 is 1.08 bits per heavy atom. The molecule has 1 amide bonds. The molecular weight excluding hydrogens is 316 g/mol. The average molecular weight is 342 g/mol. The zero-order chi connectivity index (χ0) is 18.1. The van der Waals surface area contributed by atoms with Gasteiger partial charge in [-0.2, -0.15) is 0 Å². The lowest BCUT2D eigenvalue weighted by molar-refractivity contribution is -0.114. The van der Waals surface area contributed by atoms with E-state index >= 15 is 0 Å². The van der Waals surface area contributed by atoms with Crippen LogP contribution in [0.25, 0.3) is 0 Å². The summed E-state index contributed by atoms with van der Waals surface area (Å²) in [5.74, 6) is 0.663. The monoisotopic (exact) mass is 342 g/mol. The summed E-state index contributed by atoms with van der Waals surface area (Å²) in [5.41, 5.74) is 3.85. The van der Waals surface area contributed by atoms with Crippen LogP contribution in [-0.4, -0.2) is 32.3 Å². The molecule has 0 radical (unpaired) electrons. The number of aryl methyl sites for hydroxylation is 2.